The highest BCUT2D eigenvalue weighted by atomic mass is 35.5. The Balaban J connectivity index is 2.80. The number of anilines is 1. The molecule has 1 atom stereocenters. The zero-order valence-corrected chi connectivity index (χ0v) is 10.8. The largest absolute Gasteiger partial charge is 0.492 e. The van der Waals surface area contributed by atoms with Gasteiger partial charge in [0.1, 0.15) is 5.75 Å². The fourth-order valence-corrected chi connectivity index (χ4v) is 1.55. The molecule has 1 aromatic carbocycles. The van der Waals surface area contributed by atoms with Gasteiger partial charge in [0.05, 0.1) is 12.3 Å². The number of hydrogen-bond donors (Lipinski definition) is 2. The summed E-state index contributed by atoms with van der Waals surface area (Å²) in [4.78, 5) is 11.6. The summed E-state index contributed by atoms with van der Waals surface area (Å²) in [5.74, 6) is 0.457. The Hall–Kier alpha value is -1.26. The zero-order valence-electron chi connectivity index (χ0n) is 10.00. The first-order chi connectivity index (χ1) is 8.02. The number of nitrogens with two attached hydrogens (primary N) is 1. The Bertz CT molecular complexity index is 394. The van der Waals surface area contributed by atoms with Gasteiger partial charge in [0.25, 0.3) is 0 Å². The molecule has 1 aromatic rings. The van der Waals surface area contributed by atoms with E-state index in [4.69, 9.17) is 22.1 Å². The Morgan fingerprint density at radius 1 is 1.59 bits per heavy atom. The van der Waals surface area contributed by atoms with E-state index in [1.54, 1.807) is 25.1 Å². The van der Waals surface area contributed by atoms with Crippen molar-refractivity contribution in [1.82, 2.24) is 0 Å². The van der Waals surface area contributed by atoms with Gasteiger partial charge in [-0.2, -0.15) is 0 Å². The summed E-state index contributed by atoms with van der Waals surface area (Å²) in [5.41, 5.74) is 6.13. The van der Waals surface area contributed by atoms with E-state index in [9.17, 15) is 4.79 Å². The van der Waals surface area contributed by atoms with Crippen molar-refractivity contribution in [3.05, 3.63) is 23.2 Å². The Labute approximate surface area is 106 Å². The molecular weight excluding hydrogens is 240 g/mol. The molecule has 0 aromatic heterocycles. The predicted molar refractivity (Wildman–Crippen MR) is 69.5 cm³/mol. The molecule has 0 aliphatic heterocycles. The second-order valence-electron chi connectivity index (χ2n) is 3.80. The fraction of sp³-hybridized carbons (Fsp3) is 0.417. The van der Waals surface area contributed by atoms with Crippen LogP contribution in [-0.2, 0) is 4.79 Å². The van der Waals surface area contributed by atoms with Gasteiger partial charge in [0, 0.05) is 17.5 Å². The number of hydrogen-bond acceptors (Lipinski definition) is 3. The molecule has 4 nitrogen and oxygen atoms in total. The highest BCUT2D eigenvalue weighted by Crippen LogP contribution is 2.28. The molecule has 0 aliphatic rings. The Morgan fingerprint density at radius 2 is 2.29 bits per heavy atom. The van der Waals surface area contributed by atoms with Gasteiger partial charge in [0.15, 0.2) is 0 Å². The molecule has 1 amide bonds. The molecule has 0 fully saturated rings. The first-order valence-corrected chi connectivity index (χ1v) is 5.88. The minimum atomic E-state index is -0.176. The Morgan fingerprint density at radius 3 is 2.88 bits per heavy atom. The zero-order chi connectivity index (χ0) is 12.8. The van der Waals surface area contributed by atoms with Crippen LogP contribution in [0.2, 0.25) is 5.02 Å². The average molecular weight is 257 g/mol. The van der Waals surface area contributed by atoms with Crippen molar-refractivity contribution in [2.75, 3.05) is 11.9 Å². The van der Waals surface area contributed by atoms with Gasteiger partial charge < -0.3 is 15.8 Å². The molecule has 0 spiro atoms. The van der Waals surface area contributed by atoms with Crippen molar-refractivity contribution in [3.63, 3.8) is 0 Å². The van der Waals surface area contributed by atoms with Crippen LogP contribution in [-0.4, -0.2) is 18.6 Å². The predicted octanol–water partition coefficient (Wildman–Crippen LogP) is 2.41. The maximum Gasteiger partial charge on any atom is 0.226 e. The minimum Gasteiger partial charge on any atom is -0.492 e. The quantitative estimate of drug-likeness (QED) is 0.850. The second-order valence-corrected chi connectivity index (χ2v) is 4.24. The fourth-order valence-electron chi connectivity index (χ4n) is 1.37. The molecule has 3 N–H and O–H groups in total. The van der Waals surface area contributed by atoms with E-state index >= 15 is 0 Å². The smallest absolute Gasteiger partial charge is 0.226 e. The third kappa shape index (κ3) is 4.63. The van der Waals surface area contributed by atoms with Gasteiger partial charge in [-0.25, -0.2) is 0 Å². The van der Waals surface area contributed by atoms with Gasteiger partial charge >= 0.3 is 0 Å². The normalized spacial score (nSPS) is 12.0. The first kappa shape index (κ1) is 13.8. The van der Waals surface area contributed by atoms with Crippen LogP contribution < -0.4 is 15.8 Å². The number of nitrogens with one attached hydrogen (secondary N) is 1. The maximum absolute atomic E-state index is 11.6. The summed E-state index contributed by atoms with van der Waals surface area (Å²) in [6, 6.07) is 4.93. The van der Waals surface area contributed by atoms with Crippen LogP contribution in [0.3, 0.4) is 0 Å². The third-order valence-corrected chi connectivity index (χ3v) is 2.26. The third-order valence-electron chi connectivity index (χ3n) is 2.02. The summed E-state index contributed by atoms with van der Waals surface area (Å²) in [5, 5.41) is 3.28. The topological polar surface area (TPSA) is 64.3 Å². The molecule has 0 aliphatic carbocycles. The van der Waals surface area contributed by atoms with Gasteiger partial charge in [-0.15, -0.1) is 0 Å². The number of amides is 1. The Kier molecular flexibility index (Phi) is 5.25. The van der Waals surface area contributed by atoms with Crippen LogP contribution in [0.5, 0.6) is 5.75 Å². The van der Waals surface area contributed by atoms with E-state index in [1.807, 2.05) is 6.92 Å². The summed E-state index contributed by atoms with van der Waals surface area (Å²) in [6.07, 6.45) is 0.262. The van der Waals surface area contributed by atoms with Crippen LogP contribution in [0.15, 0.2) is 18.2 Å². The molecular formula is C12H17ClN2O2. The van der Waals surface area contributed by atoms with Crippen molar-refractivity contribution < 1.29 is 9.53 Å². The van der Waals surface area contributed by atoms with Crippen LogP contribution in [0, 0.1) is 0 Å². The van der Waals surface area contributed by atoms with E-state index in [0.29, 0.717) is 23.1 Å². The first-order valence-electron chi connectivity index (χ1n) is 5.50. The highest BCUT2D eigenvalue weighted by molar-refractivity contribution is 6.31. The van der Waals surface area contributed by atoms with Crippen molar-refractivity contribution in [2.45, 2.75) is 26.3 Å². The van der Waals surface area contributed by atoms with Gasteiger partial charge in [0.2, 0.25) is 5.91 Å². The molecule has 0 heterocycles. The lowest BCUT2D eigenvalue weighted by atomic mass is 10.2. The van der Waals surface area contributed by atoms with E-state index in [0.717, 1.165) is 0 Å². The lowest BCUT2D eigenvalue weighted by Crippen LogP contribution is -2.24. The highest BCUT2D eigenvalue weighted by Gasteiger charge is 2.10. The van der Waals surface area contributed by atoms with Gasteiger partial charge in [-0.1, -0.05) is 11.6 Å². The number of carbonyl (C=O) groups is 1. The number of benzene rings is 1. The van der Waals surface area contributed by atoms with E-state index in [1.165, 1.54) is 0 Å². The molecule has 0 saturated heterocycles. The molecule has 94 valence electrons. The summed E-state index contributed by atoms with van der Waals surface area (Å²) in [6.45, 7) is 4.18. The van der Waals surface area contributed by atoms with Crippen molar-refractivity contribution in [3.8, 4) is 5.75 Å². The molecule has 5 heteroatoms. The maximum atomic E-state index is 11.6. The minimum absolute atomic E-state index is 0.150. The van der Waals surface area contributed by atoms with Crippen molar-refractivity contribution in [1.29, 1.82) is 0 Å². The SMILES string of the molecule is CCOc1ccc(Cl)cc1NC(=O)CC(C)N. The second kappa shape index (κ2) is 6.47. The van der Waals surface area contributed by atoms with Crippen molar-refractivity contribution >= 4 is 23.2 Å². The van der Waals surface area contributed by atoms with Crippen LogP contribution in [0.4, 0.5) is 5.69 Å². The molecule has 0 saturated carbocycles. The lowest BCUT2D eigenvalue weighted by Gasteiger charge is -2.12. The summed E-state index contributed by atoms with van der Waals surface area (Å²) in [7, 11) is 0. The van der Waals surface area contributed by atoms with E-state index in [-0.39, 0.29) is 18.4 Å². The van der Waals surface area contributed by atoms with Crippen molar-refractivity contribution in [2.24, 2.45) is 5.73 Å². The number of halogens is 1. The van der Waals surface area contributed by atoms with E-state index < -0.39 is 0 Å². The number of ether oxygens (including phenoxy) is 1. The monoisotopic (exact) mass is 256 g/mol. The molecule has 0 bridgehead atoms. The van der Waals surface area contributed by atoms with E-state index in [2.05, 4.69) is 5.32 Å². The summed E-state index contributed by atoms with van der Waals surface area (Å²) < 4.78 is 5.39. The standard InChI is InChI=1S/C12H17ClN2O2/c1-3-17-11-5-4-9(13)7-10(11)15-12(16)6-8(2)14/h4-5,7-8H,3,6,14H2,1-2H3,(H,15,16). The average Bonchev–Trinajstić information content (AvgIpc) is 2.21. The van der Waals surface area contributed by atoms with Crippen LogP contribution in [0.25, 0.3) is 0 Å². The molecule has 0 radical (unpaired) electrons. The summed E-state index contributed by atoms with van der Waals surface area (Å²) >= 11 is 5.87. The number of carbonyl (C=O) groups excluding carboxylic acids is 1. The van der Waals surface area contributed by atoms with Crippen LogP contribution >= 0.6 is 11.6 Å². The lowest BCUT2D eigenvalue weighted by molar-refractivity contribution is -0.116. The van der Waals surface area contributed by atoms with Gasteiger partial charge in [-0.05, 0) is 32.0 Å². The molecule has 1 unspecified atom stereocenters. The number of rotatable bonds is 5. The molecule has 17 heavy (non-hydrogen) atoms. The van der Waals surface area contributed by atoms with Gasteiger partial charge in [-0.3, -0.25) is 4.79 Å². The van der Waals surface area contributed by atoms with Crippen LogP contribution in [0.1, 0.15) is 20.3 Å². The molecule has 1 rings (SSSR count).